The van der Waals surface area contributed by atoms with Crippen LogP contribution in [0.15, 0.2) is 53.5 Å². The van der Waals surface area contributed by atoms with Crippen molar-refractivity contribution in [2.75, 3.05) is 6.54 Å². The number of hydrogen-bond acceptors (Lipinski definition) is 3. The van der Waals surface area contributed by atoms with Crippen LogP contribution in [0.2, 0.25) is 0 Å². The number of hydrogen-bond donors (Lipinski definition) is 2. The number of H-pyrrole nitrogens is 1. The van der Waals surface area contributed by atoms with Crippen LogP contribution in [0, 0.1) is 0 Å². The van der Waals surface area contributed by atoms with Gasteiger partial charge in [-0.15, -0.1) is 0 Å². The molecule has 2 N–H and O–H groups in total. The summed E-state index contributed by atoms with van der Waals surface area (Å²) in [4.78, 5) is 32.4. The lowest BCUT2D eigenvalue weighted by Gasteiger charge is -2.16. The van der Waals surface area contributed by atoms with Crippen LogP contribution >= 0.6 is 0 Å². The second-order valence-electron chi connectivity index (χ2n) is 8.20. The smallest absolute Gasteiger partial charge is 0.326 e. The molecule has 3 heterocycles. The largest absolute Gasteiger partial charge is 0.351 e. The van der Waals surface area contributed by atoms with E-state index < -0.39 is 0 Å². The van der Waals surface area contributed by atoms with Crippen molar-refractivity contribution < 1.29 is 4.79 Å². The van der Waals surface area contributed by atoms with Crippen molar-refractivity contribution in [3.05, 3.63) is 70.7 Å². The highest BCUT2D eigenvalue weighted by Gasteiger charge is 2.24. The van der Waals surface area contributed by atoms with E-state index in [9.17, 15) is 9.59 Å². The van der Waals surface area contributed by atoms with E-state index in [0.29, 0.717) is 25.2 Å². The van der Waals surface area contributed by atoms with Gasteiger partial charge in [0.25, 0.3) is 5.91 Å². The van der Waals surface area contributed by atoms with Crippen LogP contribution in [-0.2, 0) is 12.0 Å². The lowest BCUT2D eigenvalue weighted by Crippen LogP contribution is -2.27. The number of rotatable bonds is 5. The van der Waals surface area contributed by atoms with E-state index in [-0.39, 0.29) is 17.0 Å². The van der Waals surface area contributed by atoms with Gasteiger partial charge < -0.3 is 14.7 Å². The van der Waals surface area contributed by atoms with Crippen molar-refractivity contribution in [3.8, 4) is 0 Å². The Kier molecular flexibility index (Phi) is 4.74. The number of imidazole rings is 2. The second kappa shape index (κ2) is 7.24. The Labute approximate surface area is 168 Å². The maximum atomic E-state index is 12.8. The predicted octanol–water partition coefficient (Wildman–Crippen LogP) is 3.09. The highest BCUT2D eigenvalue weighted by atomic mass is 16.2. The maximum absolute atomic E-state index is 12.8. The Morgan fingerprint density at radius 3 is 2.62 bits per heavy atom. The van der Waals surface area contributed by atoms with E-state index in [2.05, 4.69) is 36.1 Å². The number of benzene rings is 1. The zero-order valence-corrected chi connectivity index (χ0v) is 16.9. The fourth-order valence-electron chi connectivity index (χ4n) is 3.59. The summed E-state index contributed by atoms with van der Waals surface area (Å²) >= 11 is 0. The maximum Gasteiger partial charge on any atom is 0.326 e. The highest BCUT2D eigenvalue weighted by Crippen LogP contribution is 2.24. The molecule has 0 unspecified atom stereocenters. The minimum Gasteiger partial charge on any atom is -0.351 e. The average molecular weight is 391 g/mol. The molecule has 0 atom stereocenters. The Morgan fingerprint density at radius 1 is 1.10 bits per heavy atom. The van der Waals surface area contributed by atoms with Crippen molar-refractivity contribution in [1.82, 2.24) is 24.3 Å². The number of nitrogens with one attached hydrogen (secondary N) is 2. The Hall–Kier alpha value is -3.35. The Morgan fingerprint density at radius 2 is 1.83 bits per heavy atom. The van der Waals surface area contributed by atoms with Gasteiger partial charge in [-0.3, -0.25) is 9.36 Å². The zero-order valence-electron chi connectivity index (χ0n) is 16.9. The number of carbonyl (C=O) groups is 1. The molecule has 3 aromatic heterocycles. The van der Waals surface area contributed by atoms with Gasteiger partial charge in [0.05, 0.1) is 16.6 Å². The normalized spacial score (nSPS) is 12.0. The first kappa shape index (κ1) is 19.0. The molecule has 29 heavy (non-hydrogen) atoms. The van der Waals surface area contributed by atoms with Gasteiger partial charge in [-0.1, -0.05) is 39.0 Å². The summed E-state index contributed by atoms with van der Waals surface area (Å²) in [6.45, 7) is 7.22. The topological polar surface area (TPSA) is 84.2 Å². The summed E-state index contributed by atoms with van der Waals surface area (Å²) < 4.78 is 3.67. The third-order valence-corrected chi connectivity index (χ3v) is 4.96. The lowest BCUT2D eigenvalue weighted by molar-refractivity contribution is 0.0949. The van der Waals surface area contributed by atoms with Gasteiger partial charge in [0.2, 0.25) is 0 Å². The molecule has 7 nitrogen and oxygen atoms in total. The fourth-order valence-corrected chi connectivity index (χ4v) is 3.59. The summed E-state index contributed by atoms with van der Waals surface area (Å²) in [6.07, 6.45) is 2.58. The number of amides is 1. The molecule has 0 spiro atoms. The van der Waals surface area contributed by atoms with Crippen LogP contribution in [0.4, 0.5) is 0 Å². The summed E-state index contributed by atoms with van der Waals surface area (Å²) in [6, 6.07) is 13.3. The van der Waals surface area contributed by atoms with E-state index in [1.165, 1.54) is 0 Å². The van der Waals surface area contributed by atoms with Gasteiger partial charge in [-0.25, -0.2) is 9.78 Å². The molecule has 1 aromatic carbocycles. The number of carbonyl (C=O) groups excluding carboxylic acids is 1. The average Bonchev–Trinajstić information content (AvgIpc) is 3.23. The first-order chi connectivity index (χ1) is 13.9. The standard InChI is InChI=1S/C22H25N5O2/c1-22(2,3)20-25-18(17-11-6-7-13-26(17)20)19(28)23-12-8-14-27-16-10-5-4-9-15(16)24-21(27)29/h4-7,9-11,13H,8,12,14H2,1-3H3,(H,23,28)(H,24,29). The van der Waals surface area contributed by atoms with Crippen LogP contribution in [-0.4, -0.2) is 31.4 Å². The number of nitrogens with zero attached hydrogens (tertiary/aromatic N) is 3. The lowest BCUT2D eigenvalue weighted by atomic mass is 9.96. The summed E-state index contributed by atoms with van der Waals surface area (Å²) in [5, 5.41) is 2.95. The van der Waals surface area contributed by atoms with Crippen LogP contribution < -0.4 is 11.0 Å². The molecule has 4 rings (SSSR count). The molecule has 0 aliphatic rings. The summed E-state index contributed by atoms with van der Waals surface area (Å²) in [5.74, 6) is 0.652. The second-order valence-corrected chi connectivity index (χ2v) is 8.20. The van der Waals surface area contributed by atoms with E-state index in [4.69, 9.17) is 0 Å². The van der Waals surface area contributed by atoms with Crippen LogP contribution in [0.3, 0.4) is 0 Å². The molecule has 1 amide bonds. The number of aryl methyl sites for hydroxylation is 1. The molecule has 0 aliphatic carbocycles. The monoisotopic (exact) mass is 391 g/mol. The van der Waals surface area contributed by atoms with E-state index in [1.54, 1.807) is 4.57 Å². The first-order valence-electron chi connectivity index (χ1n) is 9.79. The fraction of sp³-hybridized carbons (Fsp3) is 0.318. The number of aromatic nitrogens is 4. The molecular weight excluding hydrogens is 366 g/mol. The molecule has 0 aliphatic heterocycles. The number of para-hydroxylation sites is 2. The van der Waals surface area contributed by atoms with E-state index in [0.717, 1.165) is 22.4 Å². The molecule has 150 valence electrons. The Bertz CT molecular complexity index is 1240. The van der Waals surface area contributed by atoms with Gasteiger partial charge in [-0.05, 0) is 30.7 Å². The van der Waals surface area contributed by atoms with Gasteiger partial charge in [0, 0.05) is 24.7 Å². The summed E-state index contributed by atoms with van der Waals surface area (Å²) in [7, 11) is 0. The predicted molar refractivity (Wildman–Crippen MR) is 113 cm³/mol. The quantitative estimate of drug-likeness (QED) is 0.513. The van der Waals surface area contributed by atoms with Gasteiger partial charge in [0.1, 0.15) is 5.82 Å². The number of aromatic amines is 1. The van der Waals surface area contributed by atoms with Crippen molar-refractivity contribution in [2.24, 2.45) is 0 Å². The first-order valence-corrected chi connectivity index (χ1v) is 9.79. The Balaban J connectivity index is 1.47. The minimum atomic E-state index is -0.199. The molecule has 0 radical (unpaired) electrons. The molecule has 0 bridgehead atoms. The van der Waals surface area contributed by atoms with E-state index in [1.807, 2.05) is 53.1 Å². The van der Waals surface area contributed by atoms with E-state index >= 15 is 0 Å². The molecular formula is C22H25N5O2. The molecule has 4 aromatic rings. The minimum absolute atomic E-state index is 0.132. The van der Waals surface area contributed by atoms with Crippen LogP contribution in [0.5, 0.6) is 0 Å². The molecule has 0 saturated carbocycles. The van der Waals surface area contributed by atoms with Crippen molar-refractivity contribution in [1.29, 1.82) is 0 Å². The van der Waals surface area contributed by atoms with Gasteiger partial charge in [0.15, 0.2) is 5.69 Å². The third-order valence-electron chi connectivity index (χ3n) is 4.96. The van der Waals surface area contributed by atoms with Gasteiger partial charge in [-0.2, -0.15) is 0 Å². The highest BCUT2D eigenvalue weighted by molar-refractivity contribution is 5.99. The zero-order chi connectivity index (χ0) is 20.6. The SMILES string of the molecule is CC(C)(C)c1nc(C(=O)NCCCn2c(=O)[nH]c3ccccc32)c2ccccn12. The van der Waals surface area contributed by atoms with Crippen molar-refractivity contribution in [2.45, 2.75) is 39.2 Å². The number of fused-ring (bicyclic) bond motifs is 2. The van der Waals surface area contributed by atoms with Crippen molar-refractivity contribution in [3.63, 3.8) is 0 Å². The van der Waals surface area contributed by atoms with Gasteiger partial charge >= 0.3 is 5.69 Å². The van der Waals surface area contributed by atoms with Crippen molar-refractivity contribution >= 4 is 22.5 Å². The summed E-state index contributed by atoms with van der Waals surface area (Å²) in [5.41, 5.74) is 2.61. The van der Waals surface area contributed by atoms with Crippen LogP contribution in [0.25, 0.3) is 16.6 Å². The molecule has 0 saturated heterocycles. The number of pyridine rings is 1. The molecule has 0 fully saturated rings. The molecule has 7 heteroatoms. The third kappa shape index (κ3) is 3.55. The van der Waals surface area contributed by atoms with Crippen LogP contribution in [0.1, 0.15) is 43.5 Å².